The Morgan fingerprint density at radius 3 is 2.47 bits per heavy atom. The van der Waals surface area contributed by atoms with Crippen LogP contribution in [-0.4, -0.2) is 14.1 Å². The van der Waals surface area contributed by atoms with Crippen LogP contribution < -0.4 is 0 Å². The molecule has 1 aromatic carbocycles. The lowest BCUT2D eigenvalue weighted by molar-refractivity contribution is 0.598. The molecule has 0 saturated heterocycles. The second-order valence-corrected chi connectivity index (χ2v) is 5.77. The molecule has 3 nitrogen and oxygen atoms in total. The highest BCUT2D eigenvalue weighted by Gasteiger charge is 2.13. The maximum Gasteiger partial charge on any atom is 0.282 e. The van der Waals surface area contributed by atoms with Gasteiger partial charge in [0, 0.05) is 0 Å². The van der Waals surface area contributed by atoms with Crippen LogP contribution in [0.5, 0.6) is 0 Å². The quantitative estimate of drug-likeness (QED) is 0.809. The molecule has 90 valence electrons. The predicted octanol–water partition coefficient (Wildman–Crippen LogP) is 2.86. The van der Waals surface area contributed by atoms with Crippen LogP contribution in [-0.2, 0) is 10.0 Å². The highest BCUT2D eigenvalue weighted by molar-refractivity contribution is 7.90. The summed E-state index contributed by atoms with van der Waals surface area (Å²) in [5.41, 5.74) is 1.69. The number of nitrogens with zero attached hydrogens (tertiary/aromatic N) is 1. The van der Waals surface area contributed by atoms with Crippen LogP contribution in [0.2, 0.25) is 0 Å². The normalized spacial score (nSPS) is 18.5. The third-order valence-corrected chi connectivity index (χ3v) is 4.01. The first-order valence-corrected chi connectivity index (χ1v) is 7.09. The van der Waals surface area contributed by atoms with Gasteiger partial charge in [-0.1, -0.05) is 23.8 Å². The van der Waals surface area contributed by atoms with Crippen molar-refractivity contribution in [1.29, 1.82) is 0 Å². The molecule has 2 rings (SSSR count). The van der Waals surface area contributed by atoms with Gasteiger partial charge in [0.1, 0.15) is 0 Å². The number of benzene rings is 1. The van der Waals surface area contributed by atoms with E-state index in [0.29, 0.717) is 5.71 Å². The van der Waals surface area contributed by atoms with Gasteiger partial charge in [0.2, 0.25) is 0 Å². The van der Waals surface area contributed by atoms with Crippen molar-refractivity contribution in [2.75, 3.05) is 0 Å². The molecule has 0 aromatic heterocycles. The second kappa shape index (κ2) is 4.84. The number of hydrogen-bond donors (Lipinski definition) is 0. The third-order valence-electron chi connectivity index (χ3n) is 2.67. The second-order valence-electron chi connectivity index (χ2n) is 4.17. The van der Waals surface area contributed by atoms with Gasteiger partial charge in [-0.15, -0.1) is 0 Å². The highest BCUT2D eigenvalue weighted by atomic mass is 32.2. The van der Waals surface area contributed by atoms with E-state index in [-0.39, 0.29) is 4.90 Å². The van der Waals surface area contributed by atoms with Crippen molar-refractivity contribution in [3.63, 3.8) is 0 Å². The van der Waals surface area contributed by atoms with Gasteiger partial charge in [-0.3, -0.25) is 0 Å². The van der Waals surface area contributed by atoms with Crippen molar-refractivity contribution in [1.82, 2.24) is 0 Å². The summed E-state index contributed by atoms with van der Waals surface area (Å²) in [6, 6.07) is 6.76. The first-order valence-electron chi connectivity index (χ1n) is 5.65. The minimum Gasteiger partial charge on any atom is -0.199 e. The van der Waals surface area contributed by atoms with E-state index in [1.807, 2.05) is 13.0 Å². The van der Waals surface area contributed by atoms with E-state index in [2.05, 4.69) is 4.40 Å². The Kier molecular flexibility index (Phi) is 3.43. The van der Waals surface area contributed by atoms with E-state index in [0.717, 1.165) is 24.8 Å². The highest BCUT2D eigenvalue weighted by Crippen LogP contribution is 2.16. The van der Waals surface area contributed by atoms with E-state index in [4.69, 9.17) is 0 Å². The van der Waals surface area contributed by atoms with Crippen LogP contribution in [0, 0.1) is 6.92 Å². The van der Waals surface area contributed by atoms with E-state index in [1.54, 1.807) is 30.3 Å². The van der Waals surface area contributed by atoms with Crippen LogP contribution in [0.4, 0.5) is 0 Å². The van der Waals surface area contributed by atoms with Gasteiger partial charge in [0.05, 0.1) is 10.6 Å². The number of rotatable bonds is 2. The number of allylic oxidation sites excluding steroid dienone is 2. The van der Waals surface area contributed by atoms with E-state index in [9.17, 15) is 8.42 Å². The number of aryl methyl sites for hydroxylation is 1. The van der Waals surface area contributed by atoms with Crippen molar-refractivity contribution >= 4 is 15.7 Å². The standard InChI is InChI=1S/C13H15NO2S/c1-11-7-9-13(10-8-11)17(15,16)14-12-5-3-2-4-6-12/h3,5,7-10H,2,4,6H2,1H3/b14-12-. The van der Waals surface area contributed by atoms with Crippen LogP contribution >= 0.6 is 0 Å². The van der Waals surface area contributed by atoms with Gasteiger partial charge in [-0.25, -0.2) is 0 Å². The van der Waals surface area contributed by atoms with Gasteiger partial charge in [-0.05, 0) is 44.4 Å². The fourth-order valence-electron chi connectivity index (χ4n) is 1.70. The Labute approximate surface area is 102 Å². The number of sulfonamides is 1. The molecule has 0 N–H and O–H groups in total. The molecule has 0 radical (unpaired) electrons. The molecule has 0 atom stereocenters. The minimum atomic E-state index is -3.54. The summed E-state index contributed by atoms with van der Waals surface area (Å²) in [4.78, 5) is 0.259. The third kappa shape index (κ3) is 3.03. The first-order chi connectivity index (χ1) is 8.08. The molecule has 0 spiro atoms. The molecule has 4 heteroatoms. The van der Waals surface area contributed by atoms with E-state index >= 15 is 0 Å². The summed E-state index contributed by atoms with van der Waals surface area (Å²) in [6.45, 7) is 1.92. The molecular formula is C13H15NO2S. The Morgan fingerprint density at radius 1 is 1.18 bits per heavy atom. The lowest BCUT2D eigenvalue weighted by Crippen LogP contribution is -2.05. The summed E-state index contributed by atoms with van der Waals surface area (Å²) in [6.07, 6.45) is 6.48. The van der Waals surface area contributed by atoms with Crippen molar-refractivity contribution in [2.24, 2.45) is 4.40 Å². The zero-order chi connectivity index (χ0) is 12.3. The fourth-order valence-corrected chi connectivity index (χ4v) is 2.74. The molecule has 1 aliphatic rings. The molecule has 1 aromatic rings. The van der Waals surface area contributed by atoms with E-state index in [1.165, 1.54) is 0 Å². The summed E-state index contributed by atoms with van der Waals surface area (Å²) in [5.74, 6) is 0. The molecule has 0 aliphatic heterocycles. The zero-order valence-electron chi connectivity index (χ0n) is 9.76. The van der Waals surface area contributed by atoms with Crippen LogP contribution in [0.25, 0.3) is 0 Å². The van der Waals surface area contributed by atoms with Gasteiger partial charge in [-0.2, -0.15) is 12.8 Å². The minimum absolute atomic E-state index is 0.259. The molecule has 0 bridgehead atoms. The van der Waals surface area contributed by atoms with Crippen LogP contribution in [0.1, 0.15) is 24.8 Å². The summed E-state index contributed by atoms with van der Waals surface area (Å²) < 4.78 is 27.9. The number of hydrogen-bond acceptors (Lipinski definition) is 2. The Morgan fingerprint density at radius 2 is 1.88 bits per heavy atom. The monoisotopic (exact) mass is 249 g/mol. The maximum absolute atomic E-state index is 12.0. The smallest absolute Gasteiger partial charge is 0.199 e. The largest absolute Gasteiger partial charge is 0.282 e. The van der Waals surface area contributed by atoms with Gasteiger partial charge < -0.3 is 0 Å². The SMILES string of the molecule is Cc1ccc(S(=O)(=O)/N=C2/C=CCCC2)cc1. The Hall–Kier alpha value is -1.42. The summed E-state index contributed by atoms with van der Waals surface area (Å²) in [5, 5.41) is 0. The molecule has 0 amide bonds. The van der Waals surface area contributed by atoms with Gasteiger partial charge >= 0.3 is 0 Å². The predicted molar refractivity (Wildman–Crippen MR) is 68.8 cm³/mol. The average Bonchev–Trinajstić information content (AvgIpc) is 2.30. The Bertz CT molecular complexity index is 554. The summed E-state index contributed by atoms with van der Waals surface area (Å²) >= 11 is 0. The average molecular weight is 249 g/mol. The van der Waals surface area contributed by atoms with Crippen molar-refractivity contribution in [2.45, 2.75) is 31.1 Å². The van der Waals surface area contributed by atoms with E-state index < -0.39 is 10.0 Å². The van der Waals surface area contributed by atoms with Gasteiger partial charge in [0.15, 0.2) is 0 Å². The van der Waals surface area contributed by atoms with Crippen molar-refractivity contribution in [3.05, 3.63) is 42.0 Å². The lowest BCUT2D eigenvalue weighted by Gasteiger charge is -2.06. The molecule has 1 aliphatic carbocycles. The molecule has 0 fully saturated rings. The molecular weight excluding hydrogens is 234 g/mol. The van der Waals surface area contributed by atoms with Crippen LogP contribution in [0.15, 0.2) is 45.7 Å². The first kappa shape index (κ1) is 12.0. The lowest BCUT2D eigenvalue weighted by atomic mass is 10.1. The van der Waals surface area contributed by atoms with Gasteiger partial charge in [0.25, 0.3) is 10.0 Å². The van der Waals surface area contributed by atoms with Crippen molar-refractivity contribution in [3.8, 4) is 0 Å². The Balaban J connectivity index is 2.33. The topological polar surface area (TPSA) is 46.5 Å². The van der Waals surface area contributed by atoms with Crippen molar-refractivity contribution < 1.29 is 8.42 Å². The van der Waals surface area contributed by atoms with Crippen LogP contribution in [0.3, 0.4) is 0 Å². The molecule has 0 saturated carbocycles. The summed E-state index contributed by atoms with van der Waals surface area (Å²) in [7, 11) is -3.54. The molecule has 0 unspecified atom stereocenters. The fraction of sp³-hybridized carbons (Fsp3) is 0.308. The molecule has 0 heterocycles. The maximum atomic E-state index is 12.0. The zero-order valence-corrected chi connectivity index (χ0v) is 10.6. The molecule has 17 heavy (non-hydrogen) atoms.